The van der Waals surface area contributed by atoms with Gasteiger partial charge in [0.1, 0.15) is 0 Å². The molecule has 1 fully saturated rings. The van der Waals surface area contributed by atoms with Crippen LogP contribution >= 0.6 is 0 Å². The second-order valence-corrected chi connectivity index (χ2v) is 4.68. The SMILES string of the molecule is OCCC(O)CCCCCOC1CCCCO1. The van der Waals surface area contributed by atoms with Crippen molar-refractivity contribution in [2.24, 2.45) is 0 Å². The van der Waals surface area contributed by atoms with Crippen LogP contribution in [0.1, 0.15) is 51.4 Å². The second kappa shape index (κ2) is 9.83. The molecular weight excluding hydrogens is 220 g/mol. The summed E-state index contributed by atoms with van der Waals surface area (Å²) in [6, 6.07) is 0. The Morgan fingerprint density at radius 1 is 1.18 bits per heavy atom. The number of unbranched alkanes of at least 4 members (excludes halogenated alkanes) is 2. The predicted octanol–water partition coefficient (Wildman–Crippen LogP) is 1.83. The number of aliphatic hydroxyl groups excluding tert-OH is 2. The predicted molar refractivity (Wildman–Crippen MR) is 65.7 cm³/mol. The number of aliphatic hydroxyl groups is 2. The molecule has 1 heterocycles. The maximum Gasteiger partial charge on any atom is 0.157 e. The molecular formula is C13H26O4. The van der Waals surface area contributed by atoms with Crippen LogP contribution < -0.4 is 0 Å². The first-order valence-electron chi connectivity index (χ1n) is 6.85. The third kappa shape index (κ3) is 7.71. The van der Waals surface area contributed by atoms with Crippen LogP contribution in [0.5, 0.6) is 0 Å². The van der Waals surface area contributed by atoms with Gasteiger partial charge in [-0.2, -0.15) is 0 Å². The van der Waals surface area contributed by atoms with E-state index in [0.717, 1.165) is 51.7 Å². The average Bonchev–Trinajstić information content (AvgIpc) is 2.35. The third-order valence-electron chi connectivity index (χ3n) is 3.09. The first kappa shape index (κ1) is 14.9. The van der Waals surface area contributed by atoms with E-state index in [1.807, 2.05) is 0 Å². The van der Waals surface area contributed by atoms with Gasteiger partial charge in [0.05, 0.1) is 6.10 Å². The molecule has 2 N–H and O–H groups in total. The first-order chi connectivity index (χ1) is 8.33. The minimum absolute atomic E-state index is 0.0173. The zero-order valence-corrected chi connectivity index (χ0v) is 10.6. The van der Waals surface area contributed by atoms with Gasteiger partial charge in [0.2, 0.25) is 0 Å². The van der Waals surface area contributed by atoms with E-state index >= 15 is 0 Å². The number of hydrogen-bond acceptors (Lipinski definition) is 4. The molecule has 4 nitrogen and oxygen atoms in total. The summed E-state index contributed by atoms with van der Waals surface area (Å²) < 4.78 is 11.1. The topological polar surface area (TPSA) is 58.9 Å². The van der Waals surface area contributed by atoms with E-state index in [-0.39, 0.29) is 19.0 Å². The maximum absolute atomic E-state index is 9.40. The van der Waals surface area contributed by atoms with E-state index in [1.165, 1.54) is 6.42 Å². The van der Waals surface area contributed by atoms with Gasteiger partial charge in [0, 0.05) is 19.8 Å². The molecule has 2 atom stereocenters. The monoisotopic (exact) mass is 246 g/mol. The van der Waals surface area contributed by atoms with Gasteiger partial charge in [-0.25, -0.2) is 0 Å². The molecule has 0 saturated carbocycles. The first-order valence-corrected chi connectivity index (χ1v) is 6.85. The Hall–Kier alpha value is -0.160. The standard InChI is InChI=1S/C13H26O4/c14-9-8-12(15)6-2-1-4-10-16-13-7-3-5-11-17-13/h12-15H,1-11H2. The minimum Gasteiger partial charge on any atom is -0.396 e. The Balaban J connectivity index is 1.83. The van der Waals surface area contributed by atoms with Crippen molar-refractivity contribution in [2.75, 3.05) is 19.8 Å². The molecule has 0 aromatic rings. The number of rotatable bonds is 9. The van der Waals surface area contributed by atoms with Crippen LogP contribution in [0, 0.1) is 0 Å². The van der Waals surface area contributed by atoms with Crippen molar-refractivity contribution in [3.63, 3.8) is 0 Å². The van der Waals surface area contributed by atoms with Crippen LogP contribution in [0.25, 0.3) is 0 Å². The van der Waals surface area contributed by atoms with Crippen LogP contribution in [-0.2, 0) is 9.47 Å². The van der Waals surface area contributed by atoms with Gasteiger partial charge < -0.3 is 19.7 Å². The molecule has 17 heavy (non-hydrogen) atoms. The van der Waals surface area contributed by atoms with Crippen LogP contribution in [0.15, 0.2) is 0 Å². The summed E-state index contributed by atoms with van der Waals surface area (Å²) in [5.74, 6) is 0. The van der Waals surface area contributed by atoms with Gasteiger partial charge in [0.25, 0.3) is 0 Å². The molecule has 102 valence electrons. The van der Waals surface area contributed by atoms with Crippen molar-refractivity contribution in [1.82, 2.24) is 0 Å². The van der Waals surface area contributed by atoms with E-state index in [1.54, 1.807) is 0 Å². The lowest BCUT2D eigenvalue weighted by Crippen LogP contribution is -2.22. The van der Waals surface area contributed by atoms with Gasteiger partial charge >= 0.3 is 0 Å². The van der Waals surface area contributed by atoms with Crippen LogP contribution in [0.4, 0.5) is 0 Å². The Labute approximate surface area is 104 Å². The number of ether oxygens (including phenoxy) is 2. The summed E-state index contributed by atoms with van der Waals surface area (Å²) in [5.41, 5.74) is 0. The molecule has 0 aromatic heterocycles. The lowest BCUT2D eigenvalue weighted by Gasteiger charge is -2.22. The van der Waals surface area contributed by atoms with E-state index < -0.39 is 0 Å². The zero-order valence-electron chi connectivity index (χ0n) is 10.6. The molecule has 0 amide bonds. The molecule has 0 radical (unpaired) electrons. The third-order valence-corrected chi connectivity index (χ3v) is 3.09. The van der Waals surface area contributed by atoms with Gasteiger partial charge in [-0.15, -0.1) is 0 Å². The Bertz CT molecular complexity index is 169. The maximum atomic E-state index is 9.40. The van der Waals surface area contributed by atoms with E-state index in [4.69, 9.17) is 14.6 Å². The second-order valence-electron chi connectivity index (χ2n) is 4.68. The summed E-state index contributed by atoms with van der Waals surface area (Å²) in [6.07, 6.45) is 7.41. The van der Waals surface area contributed by atoms with Crippen LogP contribution in [-0.4, -0.2) is 42.4 Å². The highest BCUT2D eigenvalue weighted by Crippen LogP contribution is 2.14. The molecule has 0 spiro atoms. The lowest BCUT2D eigenvalue weighted by molar-refractivity contribution is -0.162. The van der Waals surface area contributed by atoms with Crippen LogP contribution in [0.2, 0.25) is 0 Å². The fourth-order valence-corrected chi connectivity index (χ4v) is 2.01. The summed E-state index contributed by atoms with van der Waals surface area (Å²) >= 11 is 0. The van der Waals surface area contributed by atoms with Crippen molar-refractivity contribution < 1.29 is 19.7 Å². The molecule has 0 aliphatic carbocycles. The summed E-state index contributed by atoms with van der Waals surface area (Å²) in [4.78, 5) is 0. The van der Waals surface area contributed by atoms with Crippen molar-refractivity contribution in [2.45, 2.75) is 63.8 Å². The van der Waals surface area contributed by atoms with Gasteiger partial charge in [-0.05, 0) is 38.5 Å². The Morgan fingerprint density at radius 3 is 2.76 bits per heavy atom. The fourth-order valence-electron chi connectivity index (χ4n) is 2.01. The molecule has 1 aliphatic heterocycles. The molecule has 1 aliphatic rings. The smallest absolute Gasteiger partial charge is 0.157 e. The van der Waals surface area contributed by atoms with E-state index in [9.17, 15) is 5.11 Å². The summed E-state index contributed by atoms with van der Waals surface area (Å²) in [5, 5.41) is 18.0. The highest BCUT2D eigenvalue weighted by Gasteiger charge is 2.13. The molecule has 1 saturated heterocycles. The van der Waals surface area contributed by atoms with Crippen molar-refractivity contribution >= 4 is 0 Å². The number of hydrogen-bond donors (Lipinski definition) is 2. The molecule has 4 heteroatoms. The summed E-state index contributed by atoms with van der Waals surface area (Å²) in [6.45, 7) is 1.65. The molecule has 0 bridgehead atoms. The van der Waals surface area contributed by atoms with Gasteiger partial charge in [-0.3, -0.25) is 0 Å². The minimum atomic E-state index is -0.345. The van der Waals surface area contributed by atoms with Gasteiger partial charge in [0.15, 0.2) is 6.29 Å². The molecule has 1 rings (SSSR count). The quantitative estimate of drug-likeness (QED) is 0.609. The molecule has 0 aromatic carbocycles. The van der Waals surface area contributed by atoms with Crippen molar-refractivity contribution in [1.29, 1.82) is 0 Å². The lowest BCUT2D eigenvalue weighted by atomic mass is 10.1. The Morgan fingerprint density at radius 2 is 2.06 bits per heavy atom. The zero-order chi connectivity index (χ0) is 12.3. The fraction of sp³-hybridized carbons (Fsp3) is 1.00. The largest absolute Gasteiger partial charge is 0.396 e. The Kier molecular flexibility index (Phi) is 8.61. The van der Waals surface area contributed by atoms with Crippen molar-refractivity contribution in [3.05, 3.63) is 0 Å². The highest BCUT2D eigenvalue weighted by molar-refractivity contribution is 4.56. The van der Waals surface area contributed by atoms with Crippen molar-refractivity contribution in [3.8, 4) is 0 Å². The molecule has 2 unspecified atom stereocenters. The highest BCUT2D eigenvalue weighted by atomic mass is 16.7. The summed E-state index contributed by atoms with van der Waals surface area (Å²) in [7, 11) is 0. The van der Waals surface area contributed by atoms with E-state index in [2.05, 4.69) is 0 Å². The van der Waals surface area contributed by atoms with Crippen LogP contribution in [0.3, 0.4) is 0 Å². The van der Waals surface area contributed by atoms with E-state index in [0.29, 0.717) is 6.42 Å². The average molecular weight is 246 g/mol. The normalized spacial score (nSPS) is 22.6. The van der Waals surface area contributed by atoms with Gasteiger partial charge in [-0.1, -0.05) is 12.8 Å².